The lowest BCUT2D eigenvalue weighted by Gasteiger charge is -2.15. The number of para-hydroxylation sites is 2. The molecule has 0 unspecified atom stereocenters. The van der Waals surface area contributed by atoms with Gasteiger partial charge in [-0.3, -0.25) is 4.57 Å². The second-order valence-electron chi connectivity index (χ2n) is 16.5. The van der Waals surface area contributed by atoms with Crippen molar-refractivity contribution in [2.75, 3.05) is 0 Å². The molecule has 0 aliphatic rings. The molecular weight excluding hydrogens is 809 g/mol. The van der Waals surface area contributed by atoms with Gasteiger partial charge in [-0.15, -0.1) is 0 Å². The third kappa shape index (κ3) is 8.04. The van der Waals surface area contributed by atoms with Crippen molar-refractivity contribution in [3.63, 3.8) is 0 Å². The van der Waals surface area contributed by atoms with Crippen molar-refractivity contribution in [3.8, 4) is 96.5 Å². The second-order valence-corrected chi connectivity index (χ2v) is 16.5. The highest BCUT2D eigenvalue weighted by Gasteiger charge is 2.20. The number of hydrogen-bond acceptors (Lipinski definition) is 7. The molecule has 0 saturated heterocycles. The lowest BCUT2D eigenvalue weighted by Crippen LogP contribution is -2.02. The molecule has 11 aromatic rings. The normalized spacial score (nSPS) is 11.3. The van der Waals surface area contributed by atoms with Crippen LogP contribution in [0, 0.1) is 0 Å². The Kier molecular flexibility index (Phi) is 10.6. The van der Waals surface area contributed by atoms with Gasteiger partial charge >= 0.3 is 0 Å². The largest absolute Gasteiger partial charge is 0.292 e. The summed E-state index contributed by atoms with van der Waals surface area (Å²) < 4.78 is 2.27. The first-order valence-corrected chi connectivity index (χ1v) is 22.1. The smallest absolute Gasteiger partial charge is 0.164 e. The molecular formula is C58H42N8. The van der Waals surface area contributed by atoms with Crippen LogP contribution in [0.5, 0.6) is 0 Å². The van der Waals surface area contributed by atoms with Gasteiger partial charge in [0.05, 0.1) is 11.0 Å². The molecule has 8 aromatic carbocycles. The lowest BCUT2D eigenvalue weighted by atomic mass is 9.97. The summed E-state index contributed by atoms with van der Waals surface area (Å²) >= 11 is 0. The molecule has 0 atom stereocenters. The summed E-state index contributed by atoms with van der Waals surface area (Å²) in [7, 11) is 0. The Morgan fingerprint density at radius 1 is 0.303 bits per heavy atom. The summed E-state index contributed by atoms with van der Waals surface area (Å²) in [4.78, 5) is 35.9. The number of nitrogens with zero attached hydrogens (tertiary/aromatic N) is 8. The zero-order valence-corrected chi connectivity index (χ0v) is 36.4. The fourth-order valence-electron chi connectivity index (χ4n) is 8.27. The van der Waals surface area contributed by atoms with E-state index in [1.54, 1.807) is 0 Å². The van der Waals surface area contributed by atoms with Gasteiger partial charge in [-0.25, -0.2) is 34.9 Å². The zero-order valence-electron chi connectivity index (χ0n) is 36.4. The number of fused-ring (bicyclic) bond motifs is 1. The van der Waals surface area contributed by atoms with E-state index in [4.69, 9.17) is 34.9 Å². The van der Waals surface area contributed by atoms with E-state index in [0.29, 0.717) is 40.9 Å². The predicted molar refractivity (Wildman–Crippen MR) is 265 cm³/mol. The number of benzene rings is 8. The van der Waals surface area contributed by atoms with E-state index in [1.165, 1.54) is 5.56 Å². The highest BCUT2D eigenvalue weighted by molar-refractivity contribution is 5.86. The first-order valence-electron chi connectivity index (χ1n) is 22.1. The third-order valence-corrected chi connectivity index (χ3v) is 11.7. The van der Waals surface area contributed by atoms with Gasteiger partial charge in [0.1, 0.15) is 5.82 Å². The maximum Gasteiger partial charge on any atom is 0.164 e. The molecule has 0 fully saturated rings. The zero-order chi connectivity index (χ0) is 44.4. The molecule has 0 amide bonds. The van der Waals surface area contributed by atoms with E-state index < -0.39 is 0 Å². The topological polar surface area (TPSA) is 95.2 Å². The molecule has 66 heavy (non-hydrogen) atoms. The second kappa shape index (κ2) is 17.4. The van der Waals surface area contributed by atoms with Crippen LogP contribution in [0.1, 0.15) is 25.3 Å². The minimum Gasteiger partial charge on any atom is -0.292 e. The van der Waals surface area contributed by atoms with Crippen LogP contribution in [0.3, 0.4) is 0 Å². The predicted octanol–water partition coefficient (Wildman–Crippen LogP) is 13.9. The Balaban J connectivity index is 1.14. The van der Waals surface area contributed by atoms with Gasteiger partial charge in [0.25, 0.3) is 0 Å². The molecule has 314 valence electrons. The van der Waals surface area contributed by atoms with Crippen LogP contribution >= 0.6 is 0 Å². The van der Waals surface area contributed by atoms with Crippen LogP contribution in [0.15, 0.2) is 212 Å². The third-order valence-electron chi connectivity index (χ3n) is 11.7. The minimum absolute atomic E-state index is 0.377. The van der Waals surface area contributed by atoms with E-state index >= 15 is 0 Å². The fourth-order valence-corrected chi connectivity index (χ4v) is 8.27. The van der Waals surface area contributed by atoms with E-state index in [-0.39, 0.29) is 0 Å². The summed E-state index contributed by atoms with van der Waals surface area (Å²) in [5.41, 5.74) is 12.3. The van der Waals surface area contributed by atoms with Crippen molar-refractivity contribution in [1.29, 1.82) is 0 Å². The number of rotatable bonds is 10. The SMILES string of the molecule is CC(C)c1cccc(-n2c(-c3cccc(-c4cc(-c5nc(-c6ccccc6)nc(-c6ccccc6)n5)cc(-c5nc(-c6ccccc6)nc(-c6ccccc6)n5)c4)c3)nc3ccccc32)c1. The van der Waals surface area contributed by atoms with Crippen LogP contribution in [-0.2, 0) is 0 Å². The van der Waals surface area contributed by atoms with Crippen LogP contribution < -0.4 is 0 Å². The van der Waals surface area contributed by atoms with Gasteiger partial charge in [0.2, 0.25) is 0 Å². The van der Waals surface area contributed by atoms with Crippen LogP contribution in [-0.4, -0.2) is 39.5 Å². The first kappa shape index (κ1) is 40.1. The Bertz CT molecular complexity index is 3240. The van der Waals surface area contributed by atoms with Crippen molar-refractivity contribution in [2.24, 2.45) is 0 Å². The summed E-state index contributed by atoms with van der Waals surface area (Å²) in [5.74, 6) is 4.58. The van der Waals surface area contributed by atoms with E-state index in [0.717, 1.165) is 72.6 Å². The first-order chi connectivity index (χ1) is 32.5. The van der Waals surface area contributed by atoms with Crippen molar-refractivity contribution >= 4 is 11.0 Å². The van der Waals surface area contributed by atoms with Gasteiger partial charge in [-0.2, -0.15) is 0 Å². The highest BCUT2D eigenvalue weighted by Crippen LogP contribution is 2.37. The molecule has 3 aromatic heterocycles. The van der Waals surface area contributed by atoms with E-state index in [9.17, 15) is 0 Å². The molecule has 3 heterocycles. The standard InChI is InChI=1S/C58H42N8/c1-38(2)43-27-18-30-49(37-43)66-51-32-16-15-31-50(51)59-58(66)45-29-17-28-44(33-45)46-34-47(56-62-52(39-19-7-3-8-20-39)60-53(63-56)40-21-9-4-10-22-40)36-48(35-46)57-64-54(41-23-11-5-12-24-41)61-55(65-57)42-25-13-6-14-26-42/h3-38H,1-2H3. The van der Waals surface area contributed by atoms with E-state index in [2.05, 4.69) is 103 Å². The van der Waals surface area contributed by atoms with Crippen LogP contribution in [0.25, 0.3) is 108 Å². The molecule has 11 rings (SSSR count). The lowest BCUT2D eigenvalue weighted by molar-refractivity contribution is 0.863. The van der Waals surface area contributed by atoms with Crippen molar-refractivity contribution in [1.82, 2.24) is 39.5 Å². The van der Waals surface area contributed by atoms with Crippen LogP contribution in [0.2, 0.25) is 0 Å². The Morgan fingerprint density at radius 2 is 0.682 bits per heavy atom. The Labute approximate surface area is 383 Å². The maximum atomic E-state index is 5.26. The molecule has 0 saturated carbocycles. The average Bonchev–Trinajstić information content (AvgIpc) is 3.79. The van der Waals surface area contributed by atoms with Gasteiger partial charge in [0.15, 0.2) is 34.9 Å². The summed E-state index contributed by atoms with van der Waals surface area (Å²) in [5, 5.41) is 0. The quantitative estimate of drug-likeness (QED) is 0.135. The fraction of sp³-hybridized carbons (Fsp3) is 0.0517. The molecule has 0 N–H and O–H groups in total. The monoisotopic (exact) mass is 850 g/mol. The molecule has 8 heteroatoms. The highest BCUT2D eigenvalue weighted by atomic mass is 15.1. The average molecular weight is 851 g/mol. The molecule has 0 bridgehead atoms. The Morgan fingerprint density at radius 3 is 1.17 bits per heavy atom. The summed E-state index contributed by atoms with van der Waals surface area (Å²) in [6.45, 7) is 4.45. The molecule has 0 aliphatic heterocycles. The summed E-state index contributed by atoms with van der Waals surface area (Å²) in [6, 6.07) is 72.2. The van der Waals surface area contributed by atoms with Crippen molar-refractivity contribution in [3.05, 3.63) is 218 Å². The molecule has 0 radical (unpaired) electrons. The molecule has 8 nitrogen and oxygen atoms in total. The minimum atomic E-state index is 0.377. The van der Waals surface area contributed by atoms with Crippen molar-refractivity contribution < 1.29 is 0 Å². The van der Waals surface area contributed by atoms with Gasteiger partial charge in [0, 0.05) is 44.6 Å². The molecule has 0 aliphatic carbocycles. The number of hydrogen-bond donors (Lipinski definition) is 0. The Hall–Kier alpha value is -8.75. The van der Waals surface area contributed by atoms with Gasteiger partial charge in [-0.05, 0) is 71.1 Å². The summed E-state index contributed by atoms with van der Waals surface area (Å²) in [6.07, 6.45) is 0. The number of imidazole rings is 1. The van der Waals surface area contributed by atoms with Crippen LogP contribution in [0.4, 0.5) is 0 Å². The van der Waals surface area contributed by atoms with Gasteiger partial charge in [-0.1, -0.05) is 178 Å². The maximum absolute atomic E-state index is 5.26. The van der Waals surface area contributed by atoms with Gasteiger partial charge < -0.3 is 0 Å². The van der Waals surface area contributed by atoms with Crippen molar-refractivity contribution in [2.45, 2.75) is 19.8 Å². The molecule has 0 spiro atoms. The number of aromatic nitrogens is 8. The van der Waals surface area contributed by atoms with E-state index in [1.807, 2.05) is 127 Å².